The Hall–Kier alpha value is -1.44. The summed E-state index contributed by atoms with van der Waals surface area (Å²) in [6, 6.07) is 5.41. The molecule has 7 heteroatoms. The fourth-order valence-corrected chi connectivity index (χ4v) is 5.86. The fraction of sp³-hybridized carbons (Fsp3) is 0.588. The number of amides is 1. The summed E-state index contributed by atoms with van der Waals surface area (Å²) in [5.41, 5.74) is 1.64. The third kappa shape index (κ3) is 2.64. The molecule has 24 heavy (non-hydrogen) atoms. The molecule has 0 saturated carbocycles. The van der Waals surface area contributed by atoms with Gasteiger partial charge in [-0.25, -0.2) is 8.42 Å². The zero-order chi connectivity index (χ0) is 16.9. The first-order valence-electron chi connectivity index (χ1n) is 8.64. The molecule has 2 fully saturated rings. The van der Waals surface area contributed by atoms with E-state index in [0.717, 1.165) is 37.2 Å². The monoisotopic (exact) mass is 349 g/mol. The van der Waals surface area contributed by atoms with E-state index in [-0.39, 0.29) is 11.9 Å². The molecule has 0 bridgehead atoms. The zero-order valence-electron chi connectivity index (χ0n) is 13.9. The zero-order valence-corrected chi connectivity index (χ0v) is 14.7. The van der Waals surface area contributed by atoms with Crippen LogP contribution in [0.2, 0.25) is 0 Å². The summed E-state index contributed by atoms with van der Waals surface area (Å²) in [7, 11) is -3.50. The van der Waals surface area contributed by atoms with E-state index < -0.39 is 10.0 Å². The molecule has 2 saturated heterocycles. The average Bonchev–Trinajstić information content (AvgIpc) is 3.00. The van der Waals surface area contributed by atoms with Gasteiger partial charge in [-0.15, -0.1) is 0 Å². The number of fused-ring (bicyclic) bond motifs is 2. The first kappa shape index (κ1) is 16.1. The smallest absolute Gasteiger partial charge is 0.243 e. The van der Waals surface area contributed by atoms with E-state index in [1.165, 1.54) is 0 Å². The van der Waals surface area contributed by atoms with E-state index >= 15 is 0 Å². The van der Waals surface area contributed by atoms with Crippen molar-refractivity contribution in [2.24, 2.45) is 0 Å². The van der Waals surface area contributed by atoms with Crippen LogP contribution in [0.1, 0.15) is 31.7 Å². The van der Waals surface area contributed by atoms with Crippen molar-refractivity contribution in [3.63, 3.8) is 0 Å². The van der Waals surface area contributed by atoms with Gasteiger partial charge in [-0.3, -0.25) is 9.69 Å². The summed E-state index contributed by atoms with van der Waals surface area (Å²) < 4.78 is 28.0. The van der Waals surface area contributed by atoms with E-state index in [4.69, 9.17) is 0 Å². The van der Waals surface area contributed by atoms with Crippen LogP contribution >= 0.6 is 0 Å². The number of carbonyl (C=O) groups excluding carboxylic acids is 1. The molecular formula is C17H23N3O3S. The largest absolute Gasteiger partial charge is 0.326 e. The molecule has 0 aromatic heterocycles. The predicted octanol–water partition coefficient (Wildman–Crippen LogP) is 1.43. The van der Waals surface area contributed by atoms with Gasteiger partial charge in [0.1, 0.15) is 0 Å². The van der Waals surface area contributed by atoms with E-state index in [0.29, 0.717) is 30.3 Å². The minimum atomic E-state index is -3.50. The second kappa shape index (κ2) is 5.82. The van der Waals surface area contributed by atoms with Crippen LogP contribution in [0.3, 0.4) is 0 Å². The Morgan fingerprint density at radius 3 is 2.88 bits per heavy atom. The van der Waals surface area contributed by atoms with Gasteiger partial charge >= 0.3 is 0 Å². The molecule has 3 aliphatic rings. The van der Waals surface area contributed by atoms with Crippen molar-refractivity contribution in [1.82, 2.24) is 9.21 Å². The van der Waals surface area contributed by atoms with E-state index in [1.54, 1.807) is 22.5 Å². The van der Waals surface area contributed by atoms with Crippen molar-refractivity contribution in [1.29, 1.82) is 0 Å². The van der Waals surface area contributed by atoms with E-state index in [2.05, 4.69) is 10.2 Å². The van der Waals surface area contributed by atoms with E-state index in [9.17, 15) is 13.2 Å². The van der Waals surface area contributed by atoms with Gasteiger partial charge in [-0.05, 0) is 56.5 Å². The van der Waals surface area contributed by atoms with Crippen LogP contribution in [-0.4, -0.2) is 55.2 Å². The second-order valence-corrected chi connectivity index (χ2v) is 8.97. The van der Waals surface area contributed by atoms with Crippen molar-refractivity contribution in [3.8, 4) is 0 Å². The fourth-order valence-electron chi connectivity index (χ4n) is 4.15. The van der Waals surface area contributed by atoms with Gasteiger partial charge in [0.2, 0.25) is 15.9 Å². The number of nitrogens with zero attached hydrogens (tertiary/aromatic N) is 2. The van der Waals surface area contributed by atoms with Gasteiger partial charge in [0.15, 0.2) is 0 Å². The van der Waals surface area contributed by atoms with Crippen LogP contribution in [0.25, 0.3) is 0 Å². The third-order valence-corrected chi connectivity index (χ3v) is 7.43. The first-order valence-corrected chi connectivity index (χ1v) is 10.1. The number of sulfonamides is 1. The van der Waals surface area contributed by atoms with Crippen molar-refractivity contribution in [2.45, 2.75) is 49.6 Å². The molecule has 2 atom stereocenters. The summed E-state index contributed by atoms with van der Waals surface area (Å²) in [5.74, 6) is -0.0101. The highest BCUT2D eigenvalue weighted by Crippen LogP contribution is 2.31. The Balaban J connectivity index is 1.64. The Labute approximate surface area is 142 Å². The Kier molecular flexibility index (Phi) is 3.89. The lowest BCUT2D eigenvalue weighted by Crippen LogP contribution is -2.56. The normalized spacial score (nSPS) is 28.3. The number of rotatable bonds is 2. The van der Waals surface area contributed by atoms with Gasteiger partial charge in [-0.2, -0.15) is 4.31 Å². The molecule has 3 heterocycles. The summed E-state index contributed by atoms with van der Waals surface area (Å²) in [6.45, 7) is 4.47. The van der Waals surface area contributed by atoms with Crippen LogP contribution < -0.4 is 5.32 Å². The average molecular weight is 349 g/mol. The number of carbonyl (C=O) groups is 1. The number of anilines is 1. The molecular weight excluding hydrogens is 326 g/mol. The van der Waals surface area contributed by atoms with Crippen LogP contribution in [0.5, 0.6) is 0 Å². The number of aryl methyl sites for hydroxylation is 1. The molecule has 0 aliphatic carbocycles. The first-order chi connectivity index (χ1) is 11.4. The maximum Gasteiger partial charge on any atom is 0.243 e. The molecule has 3 aliphatic heterocycles. The lowest BCUT2D eigenvalue weighted by atomic mass is 10.0. The molecule has 1 amide bonds. The second-order valence-electron chi connectivity index (χ2n) is 7.08. The third-order valence-electron chi connectivity index (χ3n) is 5.46. The molecule has 1 N–H and O–H groups in total. The molecule has 0 unspecified atom stereocenters. The maximum absolute atomic E-state index is 13.2. The molecule has 0 radical (unpaired) electrons. The molecule has 130 valence electrons. The SMILES string of the molecule is C[C@H]1CN2CCC[C@H]2CN1S(=O)(=O)c1ccc2c(c1)CCC(=O)N2. The quantitative estimate of drug-likeness (QED) is 0.877. The van der Waals surface area contributed by atoms with E-state index in [1.807, 2.05) is 6.92 Å². The molecule has 4 rings (SSSR count). The number of nitrogens with one attached hydrogen (secondary N) is 1. The summed E-state index contributed by atoms with van der Waals surface area (Å²) >= 11 is 0. The van der Waals surface area contributed by atoms with Gasteiger partial charge in [0, 0.05) is 37.3 Å². The standard InChI is InChI=1S/C17H23N3O3S/c1-12-10-19-8-2-3-14(19)11-20(12)24(22,23)15-5-6-16-13(9-15)4-7-17(21)18-16/h5-6,9,12,14H,2-4,7-8,10-11H2,1H3,(H,18,21)/t12-,14-/m0/s1. The molecule has 1 aromatic carbocycles. The highest BCUT2D eigenvalue weighted by molar-refractivity contribution is 7.89. The van der Waals surface area contributed by atoms with Gasteiger partial charge < -0.3 is 5.32 Å². The van der Waals surface area contributed by atoms with Gasteiger partial charge in [0.05, 0.1) is 4.90 Å². The highest BCUT2D eigenvalue weighted by Gasteiger charge is 2.40. The van der Waals surface area contributed by atoms with Crippen LogP contribution in [0.4, 0.5) is 5.69 Å². The highest BCUT2D eigenvalue weighted by atomic mass is 32.2. The van der Waals surface area contributed by atoms with Crippen LogP contribution in [0.15, 0.2) is 23.1 Å². The number of hydrogen-bond acceptors (Lipinski definition) is 4. The number of hydrogen-bond donors (Lipinski definition) is 1. The summed E-state index contributed by atoms with van der Waals surface area (Å²) in [5, 5.41) is 2.80. The Bertz CT molecular complexity index is 777. The van der Waals surface area contributed by atoms with Gasteiger partial charge in [-0.1, -0.05) is 0 Å². The number of piperazine rings is 1. The van der Waals surface area contributed by atoms with Crippen LogP contribution in [0, 0.1) is 0 Å². The lowest BCUT2D eigenvalue weighted by Gasteiger charge is -2.41. The minimum absolute atomic E-state index is 0.0101. The number of benzene rings is 1. The Morgan fingerprint density at radius 2 is 2.04 bits per heavy atom. The summed E-state index contributed by atoms with van der Waals surface area (Å²) in [6.07, 6.45) is 3.24. The molecule has 0 spiro atoms. The topological polar surface area (TPSA) is 69.7 Å². The minimum Gasteiger partial charge on any atom is -0.326 e. The van der Waals surface area contributed by atoms with Crippen LogP contribution in [-0.2, 0) is 21.2 Å². The van der Waals surface area contributed by atoms with Crippen molar-refractivity contribution < 1.29 is 13.2 Å². The lowest BCUT2D eigenvalue weighted by molar-refractivity contribution is -0.116. The van der Waals surface area contributed by atoms with Crippen molar-refractivity contribution in [3.05, 3.63) is 23.8 Å². The summed E-state index contributed by atoms with van der Waals surface area (Å²) in [4.78, 5) is 14.2. The van der Waals surface area contributed by atoms with Crippen molar-refractivity contribution >= 4 is 21.6 Å². The molecule has 6 nitrogen and oxygen atoms in total. The molecule has 1 aromatic rings. The maximum atomic E-state index is 13.2. The Morgan fingerprint density at radius 1 is 1.21 bits per heavy atom. The van der Waals surface area contributed by atoms with Crippen molar-refractivity contribution in [2.75, 3.05) is 25.0 Å². The predicted molar refractivity (Wildman–Crippen MR) is 91.3 cm³/mol. The van der Waals surface area contributed by atoms with Gasteiger partial charge in [0.25, 0.3) is 0 Å².